The molecule has 1 aliphatic carbocycles. The van der Waals surface area contributed by atoms with Gasteiger partial charge < -0.3 is 16.8 Å². The van der Waals surface area contributed by atoms with Gasteiger partial charge in [0.05, 0.1) is 0 Å². The fourth-order valence-corrected chi connectivity index (χ4v) is 2.31. The summed E-state index contributed by atoms with van der Waals surface area (Å²) in [6.07, 6.45) is 2.94. The Morgan fingerprint density at radius 1 is 1.23 bits per heavy atom. The lowest BCUT2D eigenvalue weighted by Gasteiger charge is -2.07. The number of anilines is 1. The van der Waals surface area contributed by atoms with Crippen LogP contribution in [0.4, 0.5) is 5.82 Å². The van der Waals surface area contributed by atoms with Crippen LogP contribution in [0.25, 0.3) is 0 Å². The Morgan fingerprint density at radius 2 is 1.91 bits per heavy atom. The fraction of sp³-hybridized carbons (Fsp3) is 0.250. The monoisotopic (exact) mass is 318 g/mol. The summed E-state index contributed by atoms with van der Waals surface area (Å²) in [7, 11) is 0. The molecule has 3 rings (SSSR count). The number of halogens is 1. The summed E-state index contributed by atoms with van der Waals surface area (Å²) in [4.78, 5) is 15.4. The van der Waals surface area contributed by atoms with Gasteiger partial charge in [0.2, 0.25) is 5.91 Å². The minimum Gasteiger partial charge on any atom is -0.366 e. The van der Waals surface area contributed by atoms with E-state index in [1.54, 1.807) is 12.1 Å². The molecule has 1 heterocycles. The molecule has 6 heteroatoms. The van der Waals surface area contributed by atoms with Crippen LogP contribution in [0.2, 0.25) is 0 Å². The zero-order valence-electron chi connectivity index (χ0n) is 12.0. The summed E-state index contributed by atoms with van der Waals surface area (Å²) in [6.45, 7) is 0.647. The molecule has 0 saturated heterocycles. The molecule has 1 aliphatic rings. The number of pyridine rings is 1. The number of hydrogen-bond donors (Lipinski definition) is 3. The average Bonchev–Trinajstić information content (AvgIpc) is 3.23. The molecule has 5 nitrogen and oxygen atoms in total. The van der Waals surface area contributed by atoms with Crippen molar-refractivity contribution in [2.24, 2.45) is 11.5 Å². The van der Waals surface area contributed by atoms with Crippen molar-refractivity contribution in [1.82, 2.24) is 4.98 Å². The summed E-state index contributed by atoms with van der Waals surface area (Å²) >= 11 is 0. The van der Waals surface area contributed by atoms with Crippen LogP contribution in [0.15, 0.2) is 42.6 Å². The Hall–Kier alpha value is -2.11. The number of amides is 1. The molecule has 0 aliphatic heterocycles. The number of benzene rings is 1. The molecule has 1 aromatic carbocycles. The topological polar surface area (TPSA) is 94.0 Å². The molecule has 1 saturated carbocycles. The van der Waals surface area contributed by atoms with Crippen LogP contribution in [-0.4, -0.2) is 16.9 Å². The maximum atomic E-state index is 11.0. The molecule has 116 valence electrons. The molecule has 0 radical (unpaired) electrons. The summed E-state index contributed by atoms with van der Waals surface area (Å²) in [5.74, 6) is 0.893. The minimum absolute atomic E-state index is 0. The van der Waals surface area contributed by atoms with E-state index in [0.29, 0.717) is 24.1 Å². The third kappa shape index (κ3) is 3.75. The Kier molecular flexibility index (Phi) is 5.00. The molecule has 1 amide bonds. The van der Waals surface area contributed by atoms with Crippen molar-refractivity contribution in [2.45, 2.75) is 24.9 Å². The molecule has 1 aromatic heterocycles. The smallest absolute Gasteiger partial charge is 0.248 e. The second kappa shape index (κ2) is 6.77. The molecular weight excluding hydrogens is 300 g/mol. The maximum Gasteiger partial charge on any atom is 0.248 e. The van der Waals surface area contributed by atoms with Gasteiger partial charge in [0.1, 0.15) is 5.82 Å². The molecule has 0 bridgehead atoms. The van der Waals surface area contributed by atoms with E-state index in [9.17, 15) is 4.79 Å². The summed E-state index contributed by atoms with van der Waals surface area (Å²) < 4.78 is 0. The highest BCUT2D eigenvalue weighted by molar-refractivity contribution is 5.92. The van der Waals surface area contributed by atoms with Crippen LogP contribution < -0.4 is 16.8 Å². The van der Waals surface area contributed by atoms with E-state index >= 15 is 0 Å². The molecule has 0 spiro atoms. The molecule has 2 aromatic rings. The van der Waals surface area contributed by atoms with Gasteiger partial charge >= 0.3 is 0 Å². The number of carbonyl (C=O) groups excluding carboxylic acids is 1. The van der Waals surface area contributed by atoms with Crippen LogP contribution in [0.1, 0.15) is 33.8 Å². The molecule has 1 fully saturated rings. The van der Waals surface area contributed by atoms with E-state index in [1.807, 2.05) is 24.4 Å². The first-order valence-corrected chi connectivity index (χ1v) is 6.97. The first kappa shape index (κ1) is 16.3. The lowest BCUT2D eigenvalue weighted by Crippen LogP contribution is -2.10. The Morgan fingerprint density at radius 3 is 2.41 bits per heavy atom. The predicted molar refractivity (Wildman–Crippen MR) is 89.1 cm³/mol. The van der Waals surface area contributed by atoms with E-state index in [2.05, 4.69) is 16.4 Å². The highest BCUT2D eigenvalue weighted by Crippen LogP contribution is 2.38. The van der Waals surface area contributed by atoms with Gasteiger partial charge in [-0.05, 0) is 35.7 Å². The van der Waals surface area contributed by atoms with E-state index in [-0.39, 0.29) is 12.4 Å². The number of carbonyl (C=O) groups is 1. The maximum absolute atomic E-state index is 11.0. The van der Waals surface area contributed by atoms with Crippen molar-refractivity contribution in [1.29, 1.82) is 0 Å². The van der Waals surface area contributed by atoms with E-state index in [0.717, 1.165) is 17.8 Å². The second-order valence-corrected chi connectivity index (χ2v) is 5.40. The quantitative estimate of drug-likeness (QED) is 0.786. The van der Waals surface area contributed by atoms with Crippen molar-refractivity contribution in [3.05, 3.63) is 59.3 Å². The molecular formula is C16H19ClN4O. The van der Waals surface area contributed by atoms with Gasteiger partial charge in [0.15, 0.2) is 0 Å². The number of nitrogens with zero attached hydrogens (tertiary/aromatic N) is 1. The number of primary amides is 1. The largest absolute Gasteiger partial charge is 0.366 e. The lowest BCUT2D eigenvalue weighted by atomic mass is 10.1. The van der Waals surface area contributed by atoms with Gasteiger partial charge in [0.25, 0.3) is 0 Å². The predicted octanol–water partition coefficient (Wildman–Crippen LogP) is 2.03. The lowest BCUT2D eigenvalue weighted by molar-refractivity contribution is 0.100. The second-order valence-electron chi connectivity index (χ2n) is 5.40. The zero-order valence-corrected chi connectivity index (χ0v) is 12.8. The van der Waals surface area contributed by atoms with Crippen LogP contribution >= 0.6 is 12.4 Å². The van der Waals surface area contributed by atoms with Gasteiger partial charge in [-0.1, -0.05) is 18.2 Å². The molecule has 2 atom stereocenters. The molecule has 22 heavy (non-hydrogen) atoms. The third-order valence-electron chi connectivity index (χ3n) is 3.77. The number of rotatable bonds is 5. The van der Waals surface area contributed by atoms with Crippen LogP contribution in [0.3, 0.4) is 0 Å². The van der Waals surface area contributed by atoms with Crippen molar-refractivity contribution in [3.63, 3.8) is 0 Å². The van der Waals surface area contributed by atoms with Crippen molar-refractivity contribution in [2.75, 3.05) is 5.32 Å². The Balaban J connectivity index is 0.00000176. The summed E-state index contributed by atoms with van der Waals surface area (Å²) in [5, 5.41) is 3.25. The van der Waals surface area contributed by atoms with Crippen LogP contribution in [0, 0.1) is 0 Å². The SMILES string of the molecule is Cl.NC(=O)c1ccc(CNc2ccc(C3CC3N)cn2)cc1. The minimum atomic E-state index is -0.412. The van der Waals surface area contributed by atoms with Crippen molar-refractivity contribution >= 4 is 24.1 Å². The molecule has 2 unspecified atom stereocenters. The summed E-state index contributed by atoms with van der Waals surface area (Å²) in [6, 6.07) is 11.6. The number of nitrogens with two attached hydrogens (primary N) is 2. The highest BCUT2D eigenvalue weighted by Gasteiger charge is 2.34. The van der Waals surface area contributed by atoms with Gasteiger partial charge in [-0.2, -0.15) is 0 Å². The van der Waals surface area contributed by atoms with Gasteiger partial charge in [-0.25, -0.2) is 4.98 Å². The average molecular weight is 319 g/mol. The number of hydrogen-bond acceptors (Lipinski definition) is 4. The highest BCUT2D eigenvalue weighted by atomic mass is 35.5. The number of nitrogens with one attached hydrogen (secondary N) is 1. The van der Waals surface area contributed by atoms with Gasteiger partial charge in [-0.15, -0.1) is 12.4 Å². The van der Waals surface area contributed by atoms with E-state index in [4.69, 9.17) is 11.5 Å². The first-order valence-electron chi connectivity index (χ1n) is 6.97. The normalized spacial score (nSPS) is 19.1. The molecule has 5 N–H and O–H groups in total. The van der Waals surface area contributed by atoms with Crippen LogP contribution in [-0.2, 0) is 6.54 Å². The standard InChI is InChI=1S/C16H18N4O.ClH/c17-14-7-13(14)12-5-6-15(20-9-12)19-8-10-1-3-11(4-2-10)16(18)21;/h1-6,9,13-14H,7-8,17H2,(H2,18,21)(H,19,20);1H. The fourth-order valence-electron chi connectivity index (χ4n) is 2.31. The first-order chi connectivity index (χ1) is 10.1. The Bertz CT molecular complexity index is 642. The van der Waals surface area contributed by atoms with E-state index in [1.165, 1.54) is 5.56 Å². The van der Waals surface area contributed by atoms with Crippen molar-refractivity contribution in [3.8, 4) is 0 Å². The van der Waals surface area contributed by atoms with E-state index < -0.39 is 5.91 Å². The third-order valence-corrected chi connectivity index (χ3v) is 3.77. The van der Waals surface area contributed by atoms with Crippen LogP contribution in [0.5, 0.6) is 0 Å². The zero-order chi connectivity index (χ0) is 14.8. The van der Waals surface area contributed by atoms with Crippen molar-refractivity contribution < 1.29 is 4.79 Å². The van der Waals surface area contributed by atoms with Gasteiger partial charge in [-0.3, -0.25) is 4.79 Å². The Labute approximate surface area is 135 Å². The summed E-state index contributed by atoms with van der Waals surface area (Å²) in [5.41, 5.74) is 13.8. The van der Waals surface area contributed by atoms with Gasteiger partial charge in [0, 0.05) is 30.3 Å². The number of aromatic nitrogens is 1.